The third-order valence-corrected chi connectivity index (χ3v) is 6.41. The topological polar surface area (TPSA) is 166 Å². The summed E-state index contributed by atoms with van der Waals surface area (Å²) in [6.07, 6.45) is -7.46. The highest BCUT2D eigenvalue weighted by Crippen LogP contribution is 2.33. The summed E-state index contributed by atoms with van der Waals surface area (Å²) in [5.41, 5.74) is 1.78. The number of hydrogen-bond acceptors (Lipinski definition) is 9. The molecule has 192 valence electrons. The number of carboxylic acids is 1. The Hall–Kier alpha value is -3.05. The maximum absolute atomic E-state index is 11.3. The van der Waals surface area contributed by atoms with Crippen molar-refractivity contribution in [1.82, 2.24) is 0 Å². The van der Waals surface area contributed by atoms with E-state index in [-0.39, 0.29) is 29.1 Å². The smallest absolute Gasteiger partial charge is 0.335 e. The van der Waals surface area contributed by atoms with E-state index in [1.165, 1.54) is 13.2 Å². The van der Waals surface area contributed by atoms with Gasteiger partial charge in [-0.25, -0.2) is 4.79 Å². The molecule has 2 aromatic rings. The zero-order valence-electron chi connectivity index (χ0n) is 19.7. The number of benzene rings is 2. The molecule has 0 saturated carbocycles. The van der Waals surface area contributed by atoms with Crippen molar-refractivity contribution in [3.8, 4) is 23.0 Å². The molecule has 7 atom stereocenters. The average Bonchev–Trinajstić information content (AvgIpc) is 2.81. The molecule has 0 aliphatic carbocycles. The number of hydrogen-bond donors (Lipinski definition) is 6. The van der Waals surface area contributed by atoms with Gasteiger partial charge in [0.2, 0.25) is 6.29 Å². The fraction of sp³-hybridized carbons (Fsp3) is 0.480. The summed E-state index contributed by atoms with van der Waals surface area (Å²) in [5, 5.41) is 59.4. The zero-order chi connectivity index (χ0) is 25.9. The second-order valence-electron chi connectivity index (χ2n) is 9.02. The Kier molecular flexibility index (Phi) is 8.44. The van der Waals surface area contributed by atoms with Crippen molar-refractivity contribution in [2.75, 3.05) is 7.11 Å². The minimum absolute atomic E-state index is 0.0563. The van der Waals surface area contributed by atoms with E-state index in [1.54, 1.807) is 24.3 Å². The minimum Gasteiger partial charge on any atom is -0.504 e. The Labute approximate surface area is 202 Å². The highest BCUT2D eigenvalue weighted by atomic mass is 16.7. The van der Waals surface area contributed by atoms with Crippen LogP contribution in [-0.4, -0.2) is 74.4 Å². The first-order valence-electron chi connectivity index (χ1n) is 11.3. The Morgan fingerprint density at radius 2 is 1.49 bits per heavy atom. The standard InChI is InChI=1S/C25H32O10/c1-12(8-14-5-7-18(33-3)17(27)10-14)13(2)9-15-4-6-16(26)19(11-15)34-25-22(30)20(28)21(29)23(35-25)24(31)32/h4-7,10-13,20-23,25-30H,8-9H2,1-3H3,(H,31,32). The van der Waals surface area contributed by atoms with Gasteiger partial charge in [-0.05, 0) is 60.1 Å². The van der Waals surface area contributed by atoms with Gasteiger partial charge < -0.3 is 44.8 Å². The van der Waals surface area contributed by atoms with E-state index in [1.807, 2.05) is 6.07 Å². The van der Waals surface area contributed by atoms with Crippen molar-refractivity contribution >= 4 is 5.97 Å². The summed E-state index contributed by atoms with van der Waals surface area (Å²) in [6.45, 7) is 4.17. The molecule has 1 aliphatic heterocycles. The fourth-order valence-corrected chi connectivity index (χ4v) is 4.06. The molecule has 1 saturated heterocycles. The molecule has 0 radical (unpaired) electrons. The van der Waals surface area contributed by atoms with Gasteiger partial charge in [0.1, 0.15) is 18.3 Å². The van der Waals surface area contributed by atoms with Gasteiger partial charge in [0.15, 0.2) is 29.1 Å². The number of carbonyl (C=O) groups is 1. The van der Waals surface area contributed by atoms with Gasteiger partial charge in [-0.3, -0.25) is 0 Å². The van der Waals surface area contributed by atoms with Crippen LogP contribution in [0.4, 0.5) is 0 Å². The summed E-state index contributed by atoms with van der Waals surface area (Å²) in [7, 11) is 1.49. The lowest BCUT2D eigenvalue weighted by Crippen LogP contribution is -2.61. The predicted octanol–water partition coefficient (Wildman–Crippen LogP) is 1.43. The van der Waals surface area contributed by atoms with E-state index in [9.17, 15) is 35.4 Å². The third-order valence-electron chi connectivity index (χ3n) is 6.41. The number of phenols is 2. The molecule has 7 unspecified atom stereocenters. The van der Waals surface area contributed by atoms with Crippen LogP contribution in [0, 0.1) is 11.8 Å². The summed E-state index contributed by atoms with van der Waals surface area (Å²) in [5.74, 6) is -0.914. The number of aliphatic carboxylic acids is 1. The zero-order valence-corrected chi connectivity index (χ0v) is 19.7. The van der Waals surface area contributed by atoms with Crippen LogP contribution < -0.4 is 9.47 Å². The van der Waals surface area contributed by atoms with Crippen molar-refractivity contribution in [3.63, 3.8) is 0 Å². The molecular formula is C25H32O10. The van der Waals surface area contributed by atoms with Crippen molar-refractivity contribution in [1.29, 1.82) is 0 Å². The number of ether oxygens (including phenoxy) is 3. The Bertz CT molecular complexity index is 1030. The molecule has 1 heterocycles. The maximum atomic E-state index is 11.3. The fourth-order valence-electron chi connectivity index (χ4n) is 4.06. The van der Waals surface area contributed by atoms with Crippen LogP contribution in [0.2, 0.25) is 0 Å². The highest BCUT2D eigenvalue weighted by Gasteiger charge is 2.48. The van der Waals surface area contributed by atoms with Gasteiger partial charge in [0.25, 0.3) is 0 Å². The van der Waals surface area contributed by atoms with E-state index >= 15 is 0 Å². The lowest BCUT2D eigenvalue weighted by Gasteiger charge is -2.38. The third kappa shape index (κ3) is 6.15. The van der Waals surface area contributed by atoms with Crippen molar-refractivity contribution in [2.45, 2.75) is 57.4 Å². The highest BCUT2D eigenvalue weighted by molar-refractivity contribution is 5.73. The lowest BCUT2D eigenvalue weighted by molar-refractivity contribution is -0.271. The van der Waals surface area contributed by atoms with E-state index in [0.717, 1.165) is 17.5 Å². The van der Waals surface area contributed by atoms with E-state index in [4.69, 9.17) is 14.2 Å². The molecule has 0 amide bonds. The van der Waals surface area contributed by atoms with Gasteiger partial charge in [0.05, 0.1) is 7.11 Å². The first-order valence-corrected chi connectivity index (χ1v) is 11.3. The van der Waals surface area contributed by atoms with E-state index < -0.39 is 36.7 Å². The minimum atomic E-state index is -1.84. The molecule has 1 aliphatic rings. The molecule has 35 heavy (non-hydrogen) atoms. The van der Waals surface area contributed by atoms with Gasteiger partial charge in [-0.15, -0.1) is 0 Å². The number of methoxy groups -OCH3 is 1. The molecule has 1 fully saturated rings. The van der Waals surface area contributed by atoms with Crippen molar-refractivity contribution < 1.29 is 49.6 Å². The normalized spacial score (nSPS) is 26.1. The van der Waals surface area contributed by atoms with Gasteiger partial charge in [-0.1, -0.05) is 26.0 Å². The van der Waals surface area contributed by atoms with Crippen LogP contribution in [0.25, 0.3) is 0 Å². The van der Waals surface area contributed by atoms with E-state index in [0.29, 0.717) is 12.2 Å². The molecule has 0 spiro atoms. The Morgan fingerprint density at radius 3 is 2.06 bits per heavy atom. The summed E-state index contributed by atoms with van der Waals surface area (Å²) >= 11 is 0. The molecular weight excluding hydrogens is 460 g/mol. The first-order chi connectivity index (χ1) is 16.5. The second kappa shape index (κ2) is 11.1. The molecule has 3 rings (SSSR count). The maximum Gasteiger partial charge on any atom is 0.335 e. The molecule has 0 aromatic heterocycles. The monoisotopic (exact) mass is 492 g/mol. The molecule has 10 nitrogen and oxygen atoms in total. The average molecular weight is 493 g/mol. The largest absolute Gasteiger partial charge is 0.504 e. The summed E-state index contributed by atoms with van der Waals surface area (Å²) in [4.78, 5) is 11.3. The number of aliphatic hydroxyl groups excluding tert-OH is 3. The number of carboxylic acid groups (broad SMARTS) is 1. The molecule has 0 bridgehead atoms. The lowest BCUT2D eigenvalue weighted by atomic mass is 9.85. The number of rotatable bonds is 9. The van der Waals surface area contributed by atoms with Gasteiger partial charge in [0, 0.05) is 0 Å². The predicted molar refractivity (Wildman–Crippen MR) is 123 cm³/mol. The van der Waals surface area contributed by atoms with E-state index in [2.05, 4.69) is 13.8 Å². The van der Waals surface area contributed by atoms with Crippen LogP contribution in [0.15, 0.2) is 36.4 Å². The van der Waals surface area contributed by atoms with Crippen molar-refractivity contribution in [3.05, 3.63) is 47.5 Å². The van der Waals surface area contributed by atoms with Crippen LogP contribution in [0.1, 0.15) is 25.0 Å². The van der Waals surface area contributed by atoms with Crippen molar-refractivity contribution in [2.24, 2.45) is 11.8 Å². The molecule has 10 heteroatoms. The van der Waals surface area contributed by atoms with Gasteiger partial charge in [-0.2, -0.15) is 0 Å². The van der Waals surface area contributed by atoms with Crippen LogP contribution >= 0.6 is 0 Å². The van der Waals surface area contributed by atoms with Crippen LogP contribution in [0.5, 0.6) is 23.0 Å². The first kappa shape index (κ1) is 26.6. The Morgan fingerprint density at radius 1 is 0.886 bits per heavy atom. The Balaban J connectivity index is 1.68. The molecule has 2 aromatic carbocycles. The quantitative estimate of drug-likeness (QED) is 0.301. The molecule has 6 N–H and O–H groups in total. The number of phenolic OH excluding ortho intramolecular Hbond substituents is 2. The SMILES string of the molecule is COc1ccc(CC(C)C(C)Cc2ccc(O)c(OC3OC(C(=O)O)C(O)C(O)C3O)c2)cc1O. The van der Waals surface area contributed by atoms with Gasteiger partial charge >= 0.3 is 5.97 Å². The number of aliphatic hydroxyl groups is 3. The summed E-state index contributed by atoms with van der Waals surface area (Å²) in [6, 6.07) is 10.00. The second-order valence-corrected chi connectivity index (χ2v) is 9.02. The van der Waals surface area contributed by atoms with Crippen LogP contribution in [0.3, 0.4) is 0 Å². The van der Waals surface area contributed by atoms with Crippen LogP contribution in [-0.2, 0) is 22.4 Å². The number of aromatic hydroxyl groups is 2. The summed E-state index contributed by atoms with van der Waals surface area (Å²) < 4.78 is 15.7.